The lowest BCUT2D eigenvalue weighted by Gasteiger charge is -2.21. The number of ether oxygens (including phenoxy) is 1. The summed E-state index contributed by atoms with van der Waals surface area (Å²) < 4.78 is 32.3. The minimum Gasteiger partial charge on any atom is -0.497 e. The largest absolute Gasteiger partial charge is 0.497 e. The Bertz CT molecular complexity index is 755. The molecule has 0 saturated carbocycles. The average Bonchev–Trinajstić information content (AvgIpc) is 2.62. The van der Waals surface area contributed by atoms with E-state index in [1.807, 2.05) is 0 Å². The SMILES string of the molecule is CCCN(CCC)c1ccc(NS(=O)(=O)c2ccc(OC)cc2)nn1. The Labute approximate surface area is 149 Å². The van der Waals surface area contributed by atoms with Gasteiger partial charge in [0.2, 0.25) is 0 Å². The number of aromatic nitrogens is 2. The van der Waals surface area contributed by atoms with Crippen molar-refractivity contribution in [3.8, 4) is 5.75 Å². The van der Waals surface area contributed by atoms with Crippen LogP contribution < -0.4 is 14.4 Å². The summed E-state index contributed by atoms with van der Waals surface area (Å²) in [6.07, 6.45) is 2.01. The summed E-state index contributed by atoms with van der Waals surface area (Å²) in [5, 5.41) is 8.15. The van der Waals surface area contributed by atoms with E-state index in [9.17, 15) is 8.42 Å². The first kappa shape index (κ1) is 19.0. The van der Waals surface area contributed by atoms with Crippen LogP contribution in [-0.2, 0) is 10.0 Å². The maximum Gasteiger partial charge on any atom is 0.263 e. The van der Waals surface area contributed by atoms with E-state index in [1.165, 1.54) is 19.2 Å². The molecule has 0 saturated heterocycles. The molecule has 0 atom stereocenters. The molecular weight excluding hydrogens is 340 g/mol. The molecule has 1 aromatic carbocycles. The quantitative estimate of drug-likeness (QED) is 0.736. The number of methoxy groups -OCH3 is 1. The van der Waals surface area contributed by atoms with E-state index in [0.29, 0.717) is 5.75 Å². The topological polar surface area (TPSA) is 84.4 Å². The van der Waals surface area contributed by atoms with Crippen LogP contribution in [0.2, 0.25) is 0 Å². The molecule has 2 rings (SSSR count). The number of anilines is 2. The molecule has 136 valence electrons. The van der Waals surface area contributed by atoms with E-state index in [0.717, 1.165) is 31.7 Å². The van der Waals surface area contributed by atoms with Gasteiger partial charge in [0.1, 0.15) is 5.75 Å². The Morgan fingerprint density at radius 3 is 2.12 bits per heavy atom. The molecule has 0 aliphatic rings. The number of hydrogen-bond acceptors (Lipinski definition) is 6. The molecule has 0 unspecified atom stereocenters. The van der Waals surface area contributed by atoms with Gasteiger partial charge >= 0.3 is 0 Å². The highest BCUT2D eigenvalue weighted by Crippen LogP contribution is 2.19. The van der Waals surface area contributed by atoms with Crippen LogP contribution >= 0.6 is 0 Å². The van der Waals surface area contributed by atoms with E-state index in [4.69, 9.17) is 4.74 Å². The third-order valence-electron chi connectivity index (χ3n) is 3.57. The second-order valence-electron chi connectivity index (χ2n) is 5.54. The zero-order chi connectivity index (χ0) is 18.3. The zero-order valence-electron chi connectivity index (χ0n) is 14.8. The molecule has 25 heavy (non-hydrogen) atoms. The molecule has 0 spiro atoms. The summed E-state index contributed by atoms with van der Waals surface area (Å²) >= 11 is 0. The molecule has 0 radical (unpaired) electrons. The standard InChI is InChI=1S/C17H24N4O3S/c1-4-12-21(13-5-2)17-11-10-16(18-19-17)20-25(22,23)15-8-6-14(24-3)7-9-15/h6-11H,4-5,12-13H2,1-3H3,(H,18,20). The fourth-order valence-corrected chi connectivity index (χ4v) is 3.38. The first-order valence-electron chi connectivity index (χ1n) is 8.25. The van der Waals surface area contributed by atoms with Gasteiger partial charge in [0.15, 0.2) is 11.6 Å². The van der Waals surface area contributed by atoms with Gasteiger partial charge in [-0.1, -0.05) is 13.8 Å². The highest BCUT2D eigenvalue weighted by atomic mass is 32.2. The zero-order valence-corrected chi connectivity index (χ0v) is 15.6. The van der Waals surface area contributed by atoms with Gasteiger partial charge in [-0.15, -0.1) is 10.2 Å². The van der Waals surface area contributed by atoms with Gasteiger partial charge in [0.05, 0.1) is 12.0 Å². The smallest absolute Gasteiger partial charge is 0.263 e. The van der Waals surface area contributed by atoms with Crippen molar-refractivity contribution in [2.45, 2.75) is 31.6 Å². The molecule has 1 aromatic heterocycles. The second kappa shape index (κ2) is 8.66. The summed E-state index contributed by atoms with van der Waals surface area (Å²) in [5.74, 6) is 1.53. The van der Waals surface area contributed by atoms with Gasteiger partial charge in [-0.05, 0) is 49.2 Å². The van der Waals surface area contributed by atoms with Crippen molar-refractivity contribution >= 4 is 21.7 Å². The van der Waals surface area contributed by atoms with Crippen LogP contribution in [0.25, 0.3) is 0 Å². The number of nitrogens with one attached hydrogen (secondary N) is 1. The molecular formula is C17H24N4O3S. The molecule has 1 heterocycles. The number of sulfonamides is 1. The Morgan fingerprint density at radius 2 is 1.64 bits per heavy atom. The molecule has 0 amide bonds. The highest BCUT2D eigenvalue weighted by molar-refractivity contribution is 7.92. The van der Waals surface area contributed by atoms with Gasteiger partial charge < -0.3 is 9.64 Å². The number of nitrogens with zero attached hydrogens (tertiary/aromatic N) is 3. The first-order valence-corrected chi connectivity index (χ1v) is 9.74. The summed E-state index contributed by atoms with van der Waals surface area (Å²) in [6, 6.07) is 9.56. The monoisotopic (exact) mass is 364 g/mol. The van der Waals surface area contributed by atoms with Gasteiger partial charge in [-0.25, -0.2) is 8.42 Å². The van der Waals surface area contributed by atoms with Crippen LogP contribution in [0, 0.1) is 0 Å². The second-order valence-corrected chi connectivity index (χ2v) is 7.23. The van der Waals surface area contributed by atoms with Crippen LogP contribution in [0.3, 0.4) is 0 Å². The lowest BCUT2D eigenvalue weighted by Crippen LogP contribution is -2.26. The van der Waals surface area contributed by atoms with E-state index in [-0.39, 0.29) is 10.7 Å². The van der Waals surface area contributed by atoms with E-state index >= 15 is 0 Å². The lowest BCUT2D eigenvalue weighted by atomic mass is 10.3. The van der Waals surface area contributed by atoms with Crippen molar-refractivity contribution in [3.63, 3.8) is 0 Å². The average molecular weight is 364 g/mol. The first-order chi connectivity index (χ1) is 12.0. The maximum absolute atomic E-state index is 12.4. The van der Waals surface area contributed by atoms with E-state index in [2.05, 4.69) is 33.7 Å². The predicted molar refractivity (Wildman–Crippen MR) is 98.6 cm³/mol. The van der Waals surface area contributed by atoms with Crippen molar-refractivity contribution in [1.82, 2.24) is 10.2 Å². The van der Waals surface area contributed by atoms with Crippen molar-refractivity contribution < 1.29 is 13.2 Å². The van der Waals surface area contributed by atoms with Crippen LogP contribution in [-0.4, -0.2) is 38.8 Å². The number of benzene rings is 1. The minimum absolute atomic E-state index is 0.137. The summed E-state index contributed by atoms with van der Waals surface area (Å²) in [6.45, 7) is 5.99. The normalized spacial score (nSPS) is 11.2. The van der Waals surface area contributed by atoms with Crippen LogP contribution in [0.15, 0.2) is 41.3 Å². The van der Waals surface area contributed by atoms with Gasteiger partial charge in [0.25, 0.3) is 10.0 Å². The van der Waals surface area contributed by atoms with Crippen LogP contribution in [0.4, 0.5) is 11.6 Å². The third-order valence-corrected chi connectivity index (χ3v) is 4.94. The lowest BCUT2D eigenvalue weighted by molar-refractivity contribution is 0.414. The van der Waals surface area contributed by atoms with Crippen molar-refractivity contribution in [2.75, 3.05) is 29.8 Å². The van der Waals surface area contributed by atoms with E-state index in [1.54, 1.807) is 24.3 Å². The maximum atomic E-state index is 12.4. The Morgan fingerprint density at radius 1 is 1.00 bits per heavy atom. The Balaban J connectivity index is 2.13. The summed E-state index contributed by atoms with van der Waals surface area (Å²) in [5.41, 5.74) is 0. The fraction of sp³-hybridized carbons (Fsp3) is 0.412. The molecule has 0 bridgehead atoms. The minimum atomic E-state index is -3.71. The van der Waals surface area contributed by atoms with Crippen molar-refractivity contribution in [2.24, 2.45) is 0 Å². The van der Waals surface area contributed by atoms with Crippen molar-refractivity contribution in [3.05, 3.63) is 36.4 Å². The third kappa shape index (κ3) is 5.06. The molecule has 0 fully saturated rings. The van der Waals surface area contributed by atoms with E-state index < -0.39 is 10.0 Å². The molecule has 0 aliphatic carbocycles. The molecule has 0 aliphatic heterocycles. The molecule has 7 nitrogen and oxygen atoms in total. The molecule has 8 heteroatoms. The Hall–Kier alpha value is -2.35. The molecule has 1 N–H and O–H groups in total. The Kier molecular flexibility index (Phi) is 6.58. The number of hydrogen-bond donors (Lipinski definition) is 1. The van der Waals surface area contributed by atoms with Gasteiger partial charge in [0, 0.05) is 13.1 Å². The van der Waals surface area contributed by atoms with Gasteiger partial charge in [-0.3, -0.25) is 4.72 Å². The fourth-order valence-electron chi connectivity index (χ4n) is 2.38. The summed E-state index contributed by atoms with van der Waals surface area (Å²) in [7, 11) is -2.19. The predicted octanol–water partition coefficient (Wildman–Crippen LogP) is 2.91. The van der Waals surface area contributed by atoms with Crippen molar-refractivity contribution in [1.29, 1.82) is 0 Å². The molecule has 2 aromatic rings. The highest BCUT2D eigenvalue weighted by Gasteiger charge is 2.16. The number of rotatable bonds is 9. The van der Waals surface area contributed by atoms with Gasteiger partial charge in [-0.2, -0.15) is 0 Å². The van der Waals surface area contributed by atoms with Crippen LogP contribution in [0.5, 0.6) is 5.75 Å². The van der Waals surface area contributed by atoms with Crippen LogP contribution in [0.1, 0.15) is 26.7 Å². The summed E-state index contributed by atoms with van der Waals surface area (Å²) in [4.78, 5) is 2.27.